The second kappa shape index (κ2) is 8.76. The normalized spacial score (nSPS) is 17.7. The van der Waals surface area contributed by atoms with Crippen LogP contribution in [0.25, 0.3) is 10.2 Å². The number of fused-ring (bicyclic) bond motifs is 4. The van der Waals surface area contributed by atoms with Gasteiger partial charge in [0.2, 0.25) is 0 Å². The molecule has 0 N–H and O–H groups in total. The SMILES string of the molecule is CCOC(=O)c1cc2c(c(CSc3ncnc4sc5c(c34)CCC(C)C5)c1)OCOC2. The van der Waals surface area contributed by atoms with Crippen molar-refractivity contribution in [2.24, 2.45) is 5.92 Å². The van der Waals surface area contributed by atoms with Gasteiger partial charge in [-0.05, 0) is 49.8 Å². The van der Waals surface area contributed by atoms with Crippen LogP contribution in [0.1, 0.15) is 52.2 Å². The molecule has 2 aromatic heterocycles. The monoisotopic (exact) mass is 456 g/mol. The van der Waals surface area contributed by atoms with E-state index in [0.717, 1.165) is 45.5 Å². The van der Waals surface area contributed by atoms with E-state index in [1.165, 1.54) is 22.2 Å². The minimum absolute atomic E-state index is 0.220. The molecule has 0 amide bonds. The fourth-order valence-corrected chi connectivity index (χ4v) is 6.65. The maximum atomic E-state index is 12.4. The maximum Gasteiger partial charge on any atom is 0.338 e. The molecule has 6 nitrogen and oxygen atoms in total. The first-order valence-corrected chi connectivity index (χ1v) is 12.4. The highest BCUT2D eigenvalue weighted by molar-refractivity contribution is 7.98. The zero-order valence-electron chi connectivity index (χ0n) is 17.6. The van der Waals surface area contributed by atoms with Gasteiger partial charge in [0.25, 0.3) is 0 Å². The van der Waals surface area contributed by atoms with Gasteiger partial charge in [0.15, 0.2) is 6.79 Å². The van der Waals surface area contributed by atoms with E-state index in [1.807, 2.05) is 24.3 Å². The van der Waals surface area contributed by atoms with E-state index in [2.05, 4.69) is 16.9 Å². The van der Waals surface area contributed by atoms with Crippen LogP contribution in [0, 0.1) is 5.92 Å². The van der Waals surface area contributed by atoms with Gasteiger partial charge in [-0.25, -0.2) is 14.8 Å². The Bertz CT molecular complexity index is 1140. The minimum atomic E-state index is -0.326. The number of nitrogens with zero attached hydrogens (tertiary/aromatic N) is 2. The standard InChI is InChI=1S/C23H24N2O4S2/c1-3-28-23(26)14-7-15-9-27-12-29-20(15)16(8-14)10-30-21-19-17-5-4-13(2)6-18(17)31-22(19)25-11-24-21/h7-8,11,13H,3-6,9-10,12H2,1-2H3. The van der Waals surface area contributed by atoms with Crippen LogP contribution in [-0.4, -0.2) is 29.3 Å². The van der Waals surface area contributed by atoms with Crippen molar-refractivity contribution in [1.29, 1.82) is 0 Å². The van der Waals surface area contributed by atoms with Crippen molar-refractivity contribution < 1.29 is 19.0 Å². The number of hydrogen-bond acceptors (Lipinski definition) is 8. The molecule has 2 aliphatic rings. The van der Waals surface area contributed by atoms with Crippen molar-refractivity contribution in [1.82, 2.24) is 9.97 Å². The van der Waals surface area contributed by atoms with Crippen LogP contribution in [-0.2, 0) is 34.7 Å². The first-order valence-electron chi connectivity index (χ1n) is 10.6. The largest absolute Gasteiger partial charge is 0.467 e. The second-order valence-corrected chi connectivity index (χ2v) is 10.0. The molecule has 162 valence electrons. The number of thiophene rings is 1. The van der Waals surface area contributed by atoms with Gasteiger partial charge in [-0.15, -0.1) is 23.1 Å². The summed E-state index contributed by atoms with van der Waals surface area (Å²) in [6.07, 6.45) is 5.08. The van der Waals surface area contributed by atoms with Gasteiger partial charge in [-0.2, -0.15) is 0 Å². The maximum absolute atomic E-state index is 12.4. The summed E-state index contributed by atoms with van der Waals surface area (Å²) in [5, 5.41) is 2.21. The number of aryl methyl sites for hydroxylation is 1. The Hall–Kier alpha value is -2.16. The Balaban J connectivity index is 1.48. The van der Waals surface area contributed by atoms with E-state index in [4.69, 9.17) is 14.2 Å². The van der Waals surface area contributed by atoms with Crippen molar-refractivity contribution in [3.63, 3.8) is 0 Å². The number of thioether (sulfide) groups is 1. The third-order valence-electron chi connectivity index (χ3n) is 5.72. The fourth-order valence-electron chi connectivity index (χ4n) is 4.24. The zero-order valence-corrected chi connectivity index (χ0v) is 19.2. The Morgan fingerprint density at radius 3 is 3.13 bits per heavy atom. The van der Waals surface area contributed by atoms with Crippen LogP contribution in [0.4, 0.5) is 0 Å². The van der Waals surface area contributed by atoms with Crippen molar-refractivity contribution in [3.8, 4) is 5.75 Å². The molecular formula is C23H24N2O4S2. The molecule has 1 aliphatic carbocycles. The van der Waals surface area contributed by atoms with Crippen LogP contribution in [0.3, 0.4) is 0 Å². The zero-order chi connectivity index (χ0) is 21.4. The van der Waals surface area contributed by atoms with Crippen molar-refractivity contribution >= 4 is 39.3 Å². The molecule has 8 heteroatoms. The lowest BCUT2D eigenvalue weighted by Gasteiger charge is -2.21. The Morgan fingerprint density at radius 1 is 1.35 bits per heavy atom. The summed E-state index contributed by atoms with van der Waals surface area (Å²) in [6, 6.07) is 3.68. The lowest BCUT2D eigenvalue weighted by molar-refractivity contribution is -0.0169. The van der Waals surface area contributed by atoms with Crippen LogP contribution in [0.2, 0.25) is 0 Å². The highest BCUT2D eigenvalue weighted by Crippen LogP contribution is 2.42. The molecule has 1 atom stereocenters. The predicted molar refractivity (Wildman–Crippen MR) is 121 cm³/mol. The summed E-state index contributed by atoms with van der Waals surface area (Å²) in [7, 11) is 0. The lowest BCUT2D eigenvalue weighted by atomic mass is 9.89. The van der Waals surface area contributed by atoms with E-state index < -0.39 is 0 Å². The molecule has 1 aliphatic heterocycles. The second-order valence-electron chi connectivity index (χ2n) is 7.95. The van der Waals surface area contributed by atoms with Crippen molar-refractivity contribution in [2.45, 2.75) is 50.5 Å². The molecule has 1 unspecified atom stereocenters. The van der Waals surface area contributed by atoms with Gasteiger partial charge in [0, 0.05) is 27.1 Å². The number of carbonyl (C=O) groups is 1. The van der Waals surface area contributed by atoms with Gasteiger partial charge in [-0.1, -0.05) is 6.92 Å². The molecule has 31 heavy (non-hydrogen) atoms. The van der Waals surface area contributed by atoms with Gasteiger partial charge >= 0.3 is 5.97 Å². The molecule has 1 aromatic carbocycles. The third-order valence-corrected chi connectivity index (χ3v) is 7.92. The highest BCUT2D eigenvalue weighted by Gasteiger charge is 2.24. The predicted octanol–water partition coefficient (Wildman–Crippen LogP) is 5.15. The minimum Gasteiger partial charge on any atom is -0.467 e. The molecule has 5 rings (SSSR count). The number of benzene rings is 1. The van der Waals surface area contributed by atoms with Crippen molar-refractivity contribution in [3.05, 3.63) is 45.6 Å². The molecule has 0 fully saturated rings. The number of carbonyl (C=O) groups excluding carboxylic acids is 1. The number of ether oxygens (including phenoxy) is 3. The summed E-state index contributed by atoms with van der Waals surface area (Å²) < 4.78 is 16.4. The molecule has 0 radical (unpaired) electrons. The van der Waals surface area contributed by atoms with Gasteiger partial charge < -0.3 is 14.2 Å². The van der Waals surface area contributed by atoms with Gasteiger partial charge in [-0.3, -0.25) is 0 Å². The summed E-state index contributed by atoms with van der Waals surface area (Å²) in [5.41, 5.74) is 3.79. The third kappa shape index (κ3) is 4.04. The summed E-state index contributed by atoms with van der Waals surface area (Å²) in [4.78, 5) is 24.1. The number of rotatable bonds is 5. The van der Waals surface area contributed by atoms with Gasteiger partial charge in [0.05, 0.1) is 18.8 Å². The molecule has 3 aromatic rings. The van der Waals surface area contributed by atoms with E-state index in [0.29, 0.717) is 24.5 Å². The number of hydrogen-bond donors (Lipinski definition) is 0. The first kappa shape index (κ1) is 20.7. The molecular weight excluding hydrogens is 432 g/mol. The van der Waals surface area contributed by atoms with Crippen LogP contribution in [0.15, 0.2) is 23.5 Å². The van der Waals surface area contributed by atoms with Crippen LogP contribution < -0.4 is 4.74 Å². The van der Waals surface area contributed by atoms with Crippen LogP contribution in [0.5, 0.6) is 5.75 Å². The van der Waals surface area contributed by atoms with Crippen LogP contribution >= 0.6 is 23.1 Å². The number of aromatic nitrogens is 2. The van der Waals surface area contributed by atoms with E-state index >= 15 is 0 Å². The molecule has 3 heterocycles. The average molecular weight is 457 g/mol. The molecule has 0 saturated heterocycles. The highest BCUT2D eigenvalue weighted by atomic mass is 32.2. The molecule has 0 spiro atoms. The lowest BCUT2D eigenvalue weighted by Crippen LogP contribution is -2.15. The molecule has 0 bridgehead atoms. The Morgan fingerprint density at radius 2 is 2.26 bits per heavy atom. The average Bonchev–Trinajstić information content (AvgIpc) is 3.15. The van der Waals surface area contributed by atoms with Gasteiger partial charge in [0.1, 0.15) is 21.9 Å². The summed E-state index contributed by atoms with van der Waals surface area (Å²) >= 11 is 3.48. The Labute approximate surface area is 189 Å². The Kier molecular flexibility index (Phi) is 5.86. The van der Waals surface area contributed by atoms with Crippen molar-refractivity contribution in [2.75, 3.05) is 13.4 Å². The van der Waals surface area contributed by atoms with E-state index in [9.17, 15) is 4.79 Å². The summed E-state index contributed by atoms with van der Waals surface area (Å²) in [5.74, 6) is 1.84. The van der Waals surface area contributed by atoms with E-state index in [-0.39, 0.29) is 12.8 Å². The smallest absolute Gasteiger partial charge is 0.338 e. The number of esters is 1. The quantitative estimate of drug-likeness (QED) is 0.299. The molecule has 0 saturated carbocycles. The summed E-state index contributed by atoms with van der Waals surface area (Å²) in [6.45, 7) is 5.11. The topological polar surface area (TPSA) is 70.5 Å². The first-order chi connectivity index (χ1) is 15.1. The van der Waals surface area contributed by atoms with E-state index in [1.54, 1.807) is 24.2 Å². The fraction of sp³-hybridized carbons (Fsp3) is 0.435.